The Morgan fingerprint density at radius 1 is 1.08 bits per heavy atom. The summed E-state index contributed by atoms with van der Waals surface area (Å²) in [6.45, 7) is 19.9. The predicted octanol–water partition coefficient (Wildman–Crippen LogP) is 2.54. The summed E-state index contributed by atoms with van der Waals surface area (Å²) in [5.74, 6) is 0. The van der Waals surface area contributed by atoms with Crippen LogP contribution in [0.3, 0.4) is 0 Å². The van der Waals surface area contributed by atoms with Gasteiger partial charge < -0.3 is 4.23 Å². The molecular weight excluding hydrogens is 190 g/mol. The van der Waals surface area contributed by atoms with Crippen LogP contribution in [0.15, 0.2) is 49.6 Å². The van der Waals surface area contributed by atoms with Crippen molar-refractivity contribution in [2.24, 2.45) is 0 Å². The molecule has 0 saturated carbocycles. The fourth-order valence-electron chi connectivity index (χ4n) is 1.17. The molecule has 0 radical (unpaired) electrons. The Bertz CT molecular complexity index is 213. The Hall–Kier alpha value is -0.806. The standard InChI is InChI=1S/C10H19NSi2/c1-7-11(12(8-2)9-3)13(5,6)10-4/h7-10,12H,1-4H2,5-6H3. The fraction of sp³-hybridized carbons (Fsp3) is 0.200. The lowest BCUT2D eigenvalue weighted by atomic mass is 11.1. The summed E-state index contributed by atoms with van der Waals surface area (Å²) in [7, 11) is -2.73. The Morgan fingerprint density at radius 2 is 1.54 bits per heavy atom. The highest BCUT2D eigenvalue weighted by Crippen LogP contribution is 2.14. The highest BCUT2D eigenvalue weighted by Gasteiger charge is 2.26. The molecule has 0 bridgehead atoms. The van der Waals surface area contributed by atoms with Crippen molar-refractivity contribution < 1.29 is 0 Å². The van der Waals surface area contributed by atoms with Gasteiger partial charge in [0.15, 0.2) is 17.2 Å². The van der Waals surface area contributed by atoms with E-state index in [1.165, 1.54) is 0 Å². The van der Waals surface area contributed by atoms with Crippen LogP contribution in [-0.2, 0) is 0 Å². The maximum atomic E-state index is 3.88. The van der Waals surface area contributed by atoms with Crippen LogP contribution >= 0.6 is 0 Å². The van der Waals surface area contributed by atoms with Gasteiger partial charge in [0, 0.05) is 0 Å². The highest BCUT2D eigenvalue weighted by atomic mass is 28.4. The quantitative estimate of drug-likeness (QED) is 0.608. The third-order valence-corrected chi connectivity index (χ3v) is 9.39. The third kappa shape index (κ3) is 2.86. The van der Waals surface area contributed by atoms with Gasteiger partial charge in [-0.3, -0.25) is 0 Å². The molecule has 0 aromatic heterocycles. The second-order valence-corrected chi connectivity index (χ2v) is 10.6. The smallest absolute Gasteiger partial charge is 0.179 e. The molecule has 0 aromatic rings. The molecule has 0 N–H and O–H groups in total. The summed E-state index contributed by atoms with van der Waals surface area (Å²) in [6.07, 6.45) is 1.91. The second kappa shape index (κ2) is 5.04. The number of hydrogen-bond acceptors (Lipinski definition) is 1. The maximum Gasteiger partial charge on any atom is 0.179 e. The van der Waals surface area contributed by atoms with E-state index in [4.69, 9.17) is 0 Å². The lowest BCUT2D eigenvalue weighted by molar-refractivity contribution is 0.885. The van der Waals surface area contributed by atoms with Gasteiger partial charge in [-0.25, -0.2) is 0 Å². The minimum absolute atomic E-state index is 1.22. The molecule has 3 heteroatoms. The molecule has 0 rings (SSSR count). The van der Waals surface area contributed by atoms with Crippen molar-refractivity contribution in [1.29, 1.82) is 0 Å². The summed E-state index contributed by atoms with van der Waals surface area (Å²) >= 11 is 0. The lowest BCUT2D eigenvalue weighted by Crippen LogP contribution is -2.50. The van der Waals surface area contributed by atoms with E-state index < -0.39 is 17.2 Å². The first-order valence-electron chi connectivity index (χ1n) is 4.33. The van der Waals surface area contributed by atoms with Crippen LogP contribution in [0.25, 0.3) is 0 Å². The molecule has 0 unspecified atom stereocenters. The molecule has 0 heterocycles. The van der Waals surface area contributed by atoms with E-state index in [9.17, 15) is 0 Å². The van der Waals surface area contributed by atoms with Crippen molar-refractivity contribution in [3.8, 4) is 0 Å². The molecule has 0 aliphatic heterocycles. The van der Waals surface area contributed by atoms with Crippen molar-refractivity contribution in [2.75, 3.05) is 0 Å². The topological polar surface area (TPSA) is 3.24 Å². The van der Waals surface area contributed by atoms with Crippen LogP contribution in [-0.4, -0.2) is 21.4 Å². The summed E-state index contributed by atoms with van der Waals surface area (Å²) in [6, 6.07) is 0. The molecule has 0 fully saturated rings. The summed E-state index contributed by atoms with van der Waals surface area (Å²) in [5, 5.41) is 0. The average molecular weight is 209 g/mol. The van der Waals surface area contributed by atoms with Gasteiger partial charge in [0.2, 0.25) is 0 Å². The van der Waals surface area contributed by atoms with Crippen molar-refractivity contribution in [1.82, 2.24) is 4.23 Å². The van der Waals surface area contributed by atoms with E-state index in [1.54, 1.807) is 0 Å². The van der Waals surface area contributed by atoms with Crippen molar-refractivity contribution in [3.63, 3.8) is 0 Å². The van der Waals surface area contributed by atoms with Crippen LogP contribution in [0, 0.1) is 0 Å². The molecule has 72 valence electrons. The minimum atomic E-state index is -1.51. The summed E-state index contributed by atoms with van der Waals surface area (Å²) in [5.41, 5.74) is 6.07. The molecule has 0 amide bonds. The molecule has 0 aliphatic rings. The van der Waals surface area contributed by atoms with Gasteiger partial charge >= 0.3 is 0 Å². The van der Waals surface area contributed by atoms with Crippen molar-refractivity contribution >= 4 is 17.2 Å². The van der Waals surface area contributed by atoms with E-state index in [0.717, 1.165) is 0 Å². The second-order valence-electron chi connectivity index (χ2n) is 3.41. The Labute approximate surface area is 84.5 Å². The number of nitrogens with zero attached hydrogens (tertiary/aromatic N) is 1. The molecule has 0 spiro atoms. The largest absolute Gasteiger partial charge is 0.424 e. The van der Waals surface area contributed by atoms with Gasteiger partial charge in [0.25, 0.3) is 0 Å². The normalized spacial score (nSPS) is 10.7. The van der Waals surface area contributed by atoms with Crippen molar-refractivity contribution in [2.45, 2.75) is 13.1 Å². The number of hydrogen-bond donors (Lipinski definition) is 0. The van der Waals surface area contributed by atoms with Crippen LogP contribution in [0.4, 0.5) is 0 Å². The van der Waals surface area contributed by atoms with E-state index in [0.29, 0.717) is 0 Å². The van der Waals surface area contributed by atoms with E-state index in [-0.39, 0.29) is 0 Å². The molecular formula is C10H19NSi2. The first-order valence-corrected chi connectivity index (χ1v) is 9.20. The molecule has 0 saturated heterocycles. The van der Waals surface area contributed by atoms with Crippen LogP contribution < -0.4 is 0 Å². The lowest BCUT2D eigenvalue weighted by Gasteiger charge is -2.37. The van der Waals surface area contributed by atoms with E-state index in [2.05, 4.69) is 49.3 Å². The van der Waals surface area contributed by atoms with Gasteiger partial charge in [0.05, 0.1) is 0 Å². The molecule has 0 aromatic carbocycles. The first kappa shape index (κ1) is 12.2. The van der Waals surface area contributed by atoms with Crippen molar-refractivity contribution in [3.05, 3.63) is 49.6 Å². The minimum Gasteiger partial charge on any atom is -0.424 e. The van der Waals surface area contributed by atoms with Crippen LogP contribution in [0.2, 0.25) is 13.1 Å². The van der Waals surface area contributed by atoms with E-state index >= 15 is 0 Å². The van der Waals surface area contributed by atoms with Crippen LogP contribution in [0.1, 0.15) is 0 Å². The zero-order valence-corrected chi connectivity index (χ0v) is 10.8. The highest BCUT2D eigenvalue weighted by molar-refractivity contribution is 6.90. The van der Waals surface area contributed by atoms with E-state index in [1.807, 2.05) is 17.6 Å². The Balaban J connectivity index is 4.86. The SMILES string of the molecule is C=CN([SiH](C=C)C=C)[Si](C)(C)C=C. The van der Waals surface area contributed by atoms with Crippen LogP contribution in [0.5, 0.6) is 0 Å². The van der Waals surface area contributed by atoms with Gasteiger partial charge in [0.1, 0.15) is 0 Å². The average Bonchev–Trinajstić information content (AvgIpc) is 2.13. The first-order chi connectivity index (χ1) is 6.03. The Morgan fingerprint density at radius 3 is 1.77 bits per heavy atom. The zero-order chi connectivity index (χ0) is 10.5. The predicted molar refractivity (Wildman–Crippen MR) is 67.3 cm³/mol. The van der Waals surface area contributed by atoms with Gasteiger partial charge in [-0.1, -0.05) is 23.7 Å². The fourth-order valence-corrected chi connectivity index (χ4v) is 6.76. The third-order valence-electron chi connectivity index (χ3n) is 2.17. The summed E-state index contributed by atoms with van der Waals surface area (Å²) in [4.78, 5) is 0. The molecule has 1 nitrogen and oxygen atoms in total. The van der Waals surface area contributed by atoms with Gasteiger partial charge in [-0.15, -0.1) is 19.7 Å². The molecule has 0 aliphatic carbocycles. The zero-order valence-electron chi connectivity index (χ0n) is 8.66. The molecule has 0 atom stereocenters. The molecule has 13 heavy (non-hydrogen) atoms. The number of rotatable bonds is 6. The maximum absolute atomic E-state index is 3.88. The Kier molecular flexibility index (Phi) is 4.73. The monoisotopic (exact) mass is 209 g/mol. The van der Waals surface area contributed by atoms with Gasteiger partial charge in [-0.2, -0.15) is 0 Å². The summed E-state index contributed by atoms with van der Waals surface area (Å²) < 4.78 is 2.33. The van der Waals surface area contributed by atoms with Gasteiger partial charge in [-0.05, 0) is 19.3 Å².